The summed E-state index contributed by atoms with van der Waals surface area (Å²) >= 11 is 0. The molecule has 1 N–H and O–H groups in total. The van der Waals surface area contributed by atoms with Gasteiger partial charge >= 0.3 is 0 Å². The maximum absolute atomic E-state index is 14.0. The van der Waals surface area contributed by atoms with Gasteiger partial charge in [0.15, 0.2) is 0 Å². The minimum absolute atomic E-state index is 0.0306. The molecule has 24 heavy (non-hydrogen) atoms. The Balaban J connectivity index is 1.95. The highest BCUT2D eigenvalue weighted by atomic mass is 19.1. The number of carbonyl (C=O) groups is 1. The molecule has 1 aromatic heterocycles. The van der Waals surface area contributed by atoms with Crippen LogP contribution in [-0.4, -0.2) is 36.4 Å². The van der Waals surface area contributed by atoms with E-state index in [9.17, 15) is 13.6 Å². The largest absolute Gasteiger partial charge is 0.354 e. The lowest BCUT2D eigenvalue weighted by Gasteiger charge is -2.25. The number of aromatic nitrogens is 1. The van der Waals surface area contributed by atoms with Crippen molar-refractivity contribution in [2.75, 3.05) is 20.6 Å². The minimum atomic E-state index is -0.611. The van der Waals surface area contributed by atoms with Gasteiger partial charge in [0, 0.05) is 30.9 Å². The number of aryl methyl sites for hydroxylation is 1. The van der Waals surface area contributed by atoms with Crippen LogP contribution in [-0.2, 0) is 11.2 Å². The number of amides is 1. The molecule has 0 aliphatic heterocycles. The van der Waals surface area contributed by atoms with Crippen molar-refractivity contribution in [3.05, 3.63) is 65.5 Å². The maximum Gasteiger partial charge on any atom is 0.220 e. The Kier molecular flexibility index (Phi) is 6.37. The van der Waals surface area contributed by atoms with Gasteiger partial charge in [-0.1, -0.05) is 6.07 Å². The van der Waals surface area contributed by atoms with E-state index in [1.165, 1.54) is 18.2 Å². The number of carbonyl (C=O) groups excluding carboxylic acids is 1. The number of rotatable bonds is 7. The van der Waals surface area contributed by atoms with E-state index in [0.717, 1.165) is 5.56 Å². The zero-order valence-corrected chi connectivity index (χ0v) is 13.8. The number of benzene rings is 1. The Hall–Kier alpha value is -2.34. The van der Waals surface area contributed by atoms with E-state index in [4.69, 9.17) is 0 Å². The van der Waals surface area contributed by atoms with Crippen LogP contribution in [0.25, 0.3) is 0 Å². The summed E-state index contributed by atoms with van der Waals surface area (Å²) in [7, 11) is 3.44. The summed E-state index contributed by atoms with van der Waals surface area (Å²) in [6.07, 6.45) is 4.26. The lowest BCUT2D eigenvalue weighted by Crippen LogP contribution is -2.35. The van der Waals surface area contributed by atoms with Crippen molar-refractivity contribution < 1.29 is 13.6 Å². The molecular weight excluding hydrogens is 312 g/mol. The SMILES string of the molecule is CN(C)[C@H](CNC(=O)CCc1ccncc1)c1c(F)cccc1F. The van der Waals surface area contributed by atoms with Crippen molar-refractivity contribution in [2.24, 2.45) is 0 Å². The van der Waals surface area contributed by atoms with Crippen LogP contribution in [0.2, 0.25) is 0 Å². The molecule has 0 aliphatic carbocycles. The first-order valence-corrected chi connectivity index (χ1v) is 7.75. The first kappa shape index (κ1) is 18.0. The van der Waals surface area contributed by atoms with E-state index in [1.807, 2.05) is 12.1 Å². The Bertz CT molecular complexity index is 657. The molecule has 6 heteroatoms. The molecule has 0 bridgehead atoms. The monoisotopic (exact) mass is 333 g/mol. The van der Waals surface area contributed by atoms with Gasteiger partial charge in [0.2, 0.25) is 5.91 Å². The van der Waals surface area contributed by atoms with E-state index >= 15 is 0 Å². The fraction of sp³-hybridized carbons (Fsp3) is 0.333. The average Bonchev–Trinajstić information content (AvgIpc) is 2.56. The van der Waals surface area contributed by atoms with Crippen LogP contribution in [0.4, 0.5) is 8.78 Å². The topological polar surface area (TPSA) is 45.2 Å². The van der Waals surface area contributed by atoms with Crippen molar-refractivity contribution in [1.29, 1.82) is 0 Å². The van der Waals surface area contributed by atoms with E-state index in [1.54, 1.807) is 31.4 Å². The summed E-state index contributed by atoms with van der Waals surface area (Å²) in [4.78, 5) is 17.6. The summed E-state index contributed by atoms with van der Waals surface area (Å²) in [5.74, 6) is -1.38. The number of hydrogen-bond acceptors (Lipinski definition) is 3. The Morgan fingerprint density at radius 3 is 2.38 bits per heavy atom. The summed E-state index contributed by atoms with van der Waals surface area (Å²) < 4.78 is 27.9. The second kappa shape index (κ2) is 8.49. The third-order valence-electron chi connectivity index (χ3n) is 3.84. The van der Waals surface area contributed by atoms with Crippen LogP contribution < -0.4 is 5.32 Å². The minimum Gasteiger partial charge on any atom is -0.354 e. The molecule has 0 spiro atoms. The molecule has 1 amide bonds. The van der Waals surface area contributed by atoms with E-state index < -0.39 is 17.7 Å². The van der Waals surface area contributed by atoms with Crippen LogP contribution in [0.15, 0.2) is 42.7 Å². The second-order valence-corrected chi connectivity index (χ2v) is 5.77. The average molecular weight is 333 g/mol. The highest BCUT2D eigenvalue weighted by Gasteiger charge is 2.22. The molecular formula is C18H21F2N3O. The van der Waals surface area contributed by atoms with Crippen LogP contribution in [0, 0.1) is 11.6 Å². The van der Waals surface area contributed by atoms with Crippen molar-refractivity contribution in [2.45, 2.75) is 18.9 Å². The van der Waals surface area contributed by atoms with Crippen LogP contribution in [0.1, 0.15) is 23.6 Å². The fourth-order valence-electron chi connectivity index (χ4n) is 2.48. The van der Waals surface area contributed by atoms with E-state index in [2.05, 4.69) is 10.3 Å². The van der Waals surface area contributed by atoms with Crippen LogP contribution in [0.3, 0.4) is 0 Å². The second-order valence-electron chi connectivity index (χ2n) is 5.77. The standard InChI is InChI=1S/C18H21F2N3O/c1-23(2)16(18-14(19)4-3-5-15(18)20)12-22-17(24)7-6-13-8-10-21-11-9-13/h3-5,8-11,16H,6-7,12H2,1-2H3,(H,22,24)/t16-/m1/s1. The lowest BCUT2D eigenvalue weighted by molar-refractivity contribution is -0.121. The smallest absolute Gasteiger partial charge is 0.220 e. The molecule has 0 aliphatic rings. The van der Waals surface area contributed by atoms with Crippen LogP contribution >= 0.6 is 0 Å². The molecule has 4 nitrogen and oxygen atoms in total. The molecule has 0 saturated carbocycles. The number of nitrogens with zero attached hydrogens (tertiary/aromatic N) is 2. The summed E-state index contributed by atoms with van der Waals surface area (Å²) in [5, 5.41) is 2.76. The predicted octanol–water partition coefficient (Wildman–Crippen LogP) is 2.71. The van der Waals surface area contributed by atoms with Gasteiger partial charge in [-0.25, -0.2) is 8.78 Å². The van der Waals surface area contributed by atoms with Crippen molar-refractivity contribution in [3.8, 4) is 0 Å². The van der Waals surface area contributed by atoms with Crippen molar-refractivity contribution >= 4 is 5.91 Å². The highest BCUT2D eigenvalue weighted by Crippen LogP contribution is 2.23. The summed E-state index contributed by atoms with van der Waals surface area (Å²) in [6.45, 7) is 0.139. The van der Waals surface area contributed by atoms with Crippen molar-refractivity contribution in [1.82, 2.24) is 15.2 Å². The molecule has 0 unspecified atom stereocenters. The van der Waals surface area contributed by atoms with Gasteiger partial charge in [-0.3, -0.25) is 9.78 Å². The van der Waals surface area contributed by atoms with Gasteiger partial charge in [0.05, 0.1) is 6.04 Å². The quantitative estimate of drug-likeness (QED) is 0.847. The summed E-state index contributed by atoms with van der Waals surface area (Å²) in [5.41, 5.74) is 0.987. The molecule has 1 atom stereocenters. The number of hydrogen-bond donors (Lipinski definition) is 1. The zero-order valence-electron chi connectivity index (χ0n) is 13.8. The third-order valence-corrected chi connectivity index (χ3v) is 3.84. The van der Waals surface area contributed by atoms with Gasteiger partial charge in [0.25, 0.3) is 0 Å². The Morgan fingerprint density at radius 1 is 1.17 bits per heavy atom. The van der Waals surface area contributed by atoms with E-state index in [0.29, 0.717) is 12.8 Å². The highest BCUT2D eigenvalue weighted by molar-refractivity contribution is 5.76. The first-order valence-electron chi connectivity index (χ1n) is 7.75. The van der Waals surface area contributed by atoms with Gasteiger partial charge in [0.1, 0.15) is 11.6 Å². The molecule has 0 fully saturated rings. The van der Waals surface area contributed by atoms with Gasteiger partial charge < -0.3 is 10.2 Å². The fourth-order valence-corrected chi connectivity index (χ4v) is 2.48. The van der Waals surface area contributed by atoms with Gasteiger partial charge in [-0.2, -0.15) is 0 Å². The Labute approximate surface area is 140 Å². The molecule has 2 aromatic rings. The Morgan fingerprint density at radius 2 is 1.79 bits per heavy atom. The van der Waals surface area contributed by atoms with Gasteiger partial charge in [-0.15, -0.1) is 0 Å². The number of nitrogens with one attached hydrogen (secondary N) is 1. The molecule has 128 valence electrons. The normalized spacial score (nSPS) is 12.2. The maximum atomic E-state index is 14.0. The zero-order chi connectivity index (χ0) is 17.5. The number of likely N-dealkylation sites (N-methyl/N-ethyl adjacent to an activating group) is 1. The third kappa shape index (κ3) is 4.83. The summed E-state index contributed by atoms with van der Waals surface area (Å²) in [6, 6.07) is 6.90. The molecule has 0 radical (unpaired) electrons. The number of halogens is 2. The molecule has 0 saturated heterocycles. The molecule has 1 heterocycles. The van der Waals surface area contributed by atoms with Crippen LogP contribution in [0.5, 0.6) is 0 Å². The van der Waals surface area contributed by atoms with Crippen molar-refractivity contribution in [3.63, 3.8) is 0 Å². The van der Waals surface area contributed by atoms with E-state index in [-0.39, 0.29) is 18.0 Å². The molecule has 2 rings (SSSR count). The van der Waals surface area contributed by atoms with Gasteiger partial charge in [-0.05, 0) is 50.3 Å². The molecule has 1 aromatic carbocycles. The number of pyridine rings is 1. The predicted molar refractivity (Wildman–Crippen MR) is 88.4 cm³/mol. The lowest BCUT2D eigenvalue weighted by atomic mass is 10.0. The first-order chi connectivity index (χ1) is 11.5.